The highest BCUT2D eigenvalue weighted by Gasteiger charge is 2.52. The van der Waals surface area contributed by atoms with E-state index in [0.717, 1.165) is 5.57 Å². The van der Waals surface area contributed by atoms with Gasteiger partial charge in [0.2, 0.25) is 0 Å². The molecule has 1 aromatic carbocycles. The number of aliphatic imine (C=N–C) groups is 1. The van der Waals surface area contributed by atoms with Crippen LogP contribution in [0.2, 0.25) is 10.0 Å². The van der Waals surface area contributed by atoms with Crippen molar-refractivity contribution >= 4 is 29.0 Å². The average molecular weight is 489 g/mol. The maximum Gasteiger partial charge on any atom is 0.160 e. The van der Waals surface area contributed by atoms with E-state index in [-0.39, 0.29) is 23.7 Å². The summed E-state index contributed by atoms with van der Waals surface area (Å²) in [4.78, 5) is 11.2. The molecule has 12 heteroatoms. The molecule has 0 spiro atoms. The molecule has 3 aliphatic rings. The Bertz CT molecular complexity index is 903. The predicted molar refractivity (Wildman–Crippen MR) is 117 cm³/mol. The molecule has 0 aliphatic carbocycles. The van der Waals surface area contributed by atoms with Gasteiger partial charge >= 0.3 is 0 Å². The van der Waals surface area contributed by atoms with Crippen LogP contribution >= 0.6 is 23.2 Å². The Balaban J connectivity index is 1.58. The molecule has 1 saturated heterocycles. The molecule has 10 nitrogen and oxygen atoms in total. The molecule has 2 unspecified atom stereocenters. The Hall–Kier alpha value is -1.47. The number of hydrogen-bond donors (Lipinski definition) is 6. The van der Waals surface area contributed by atoms with Crippen molar-refractivity contribution in [1.82, 2.24) is 15.7 Å². The number of rotatable bonds is 6. The van der Waals surface area contributed by atoms with Gasteiger partial charge in [-0.3, -0.25) is 20.6 Å². The Morgan fingerprint density at radius 2 is 2.09 bits per heavy atom. The monoisotopic (exact) mass is 488 g/mol. The van der Waals surface area contributed by atoms with Gasteiger partial charge in [-0.25, -0.2) is 0 Å². The van der Waals surface area contributed by atoms with Gasteiger partial charge in [0.25, 0.3) is 0 Å². The fraction of sp³-hybridized carbons (Fsp3) is 0.550. The molecule has 3 aliphatic heterocycles. The smallest absolute Gasteiger partial charge is 0.160 e. The van der Waals surface area contributed by atoms with E-state index in [1.165, 1.54) is 13.2 Å². The summed E-state index contributed by atoms with van der Waals surface area (Å²) < 4.78 is 5.99. The van der Waals surface area contributed by atoms with Gasteiger partial charge in [0.1, 0.15) is 30.3 Å². The standard InChI is InChI=1S/C20H26Cl2N4O6/c1-31-25-18-13-10(4-5-27)7-26(19(13)24-8-23-18)20-16(30)15(29)17(32-20)14(28)9-2-3-11(21)12(22)6-9/h2-3,6-7,13-17,19-20,24,27-30H,4-5,8H2,1H3,(H,23,25)/t13?,14-,15+,16-,17-,19?,20-/m1/s1. The molecule has 0 bridgehead atoms. The molecule has 176 valence electrons. The molecule has 0 amide bonds. The summed E-state index contributed by atoms with van der Waals surface area (Å²) in [6, 6.07) is 4.63. The van der Waals surface area contributed by atoms with Crippen LogP contribution in [-0.4, -0.2) is 82.3 Å². The maximum absolute atomic E-state index is 10.8. The van der Waals surface area contributed by atoms with E-state index in [2.05, 4.69) is 15.8 Å². The van der Waals surface area contributed by atoms with Crippen LogP contribution in [-0.2, 0) is 9.57 Å². The molecule has 0 saturated carbocycles. The lowest BCUT2D eigenvalue weighted by Crippen LogP contribution is -2.57. The molecule has 32 heavy (non-hydrogen) atoms. The zero-order chi connectivity index (χ0) is 23.0. The summed E-state index contributed by atoms with van der Waals surface area (Å²) in [7, 11) is 1.48. The quantitative estimate of drug-likeness (QED) is 0.308. The van der Waals surface area contributed by atoms with Crippen molar-refractivity contribution in [1.29, 1.82) is 0 Å². The van der Waals surface area contributed by atoms with Crippen molar-refractivity contribution in [3.63, 3.8) is 0 Å². The molecule has 1 fully saturated rings. The number of fused-ring (bicyclic) bond motifs is 1. The van der Waals surface area contributed by atoms with Gasteiger partial charge < -0.3 is 30.1 Å². The second kappa shape index (κ2) is 9.80. The first kappa shape index (κ1) is 23.7. The van der Waals surface area contributed by atoms with Crippen LogP contribution in [0, 0.1) is 5.92 Å². The Morgan fingerprint density at radius 3 is 2.78 bits per heavy atom. The molecular weight excluding hydrogens is 463 g/mol. The zero-order valence-corrected chi connectivity index (χ0v) is 18.7. The van der Waals surface area contributed by atoms with Crippen LogP contribution in [0.4, 0.5) is 0 Å². The van der Waals surface area contributed by atoms with Crippen LogP contribution in [0.1, 0.15) is 18.1 Å². The number of hydroxylamine groups is 1. The first-order chi connectivity index (χ1) is 15.4. The third kappa shape index (κ3) is 4.23. The molecule has 0 aromatic heterocycles. The number of benzene rings is 1. The predicted octanol–water partition coefficient (Wildman–Crippen LogP) is 0.108. The highest BCUT2D eigenvalue weighted by atomic mass is 35.5. The number of aliphatic hydroxyl groups excluding tert-OH is 4. The molecular formula is C20H26Cl2N4O6. The van der Waals surface area contributed by atoms with E-state index >= 15 is 0 Å². The minimum atomic E-state index is -1.35. The van der Waals surface area contributed by atoms with Crippen LogP contribution < -0.4 is 10.8 Å². The van der Waals surface area contributed by atoms with Crippen molar-refractivity contribution in [2.45, 2.75) is 43.2 Å². The van der Waals surface area contributed by atoms with Crippen LogP contribution in [0.5, 0.6) is 0 Å². The minimum absolute atomic E-state index is 0.0709. The first-order valence-electron chi connectivity index (χ1n) is 10.2. The largest absolute Gasteiger partial charge is 0.396 e. The van der Waals surface area contributed by atoms with Crippen molar-refractivity contribution < 1.29 is 30.0 Å². The van der Waals surface area contributed by atoms with Gasteiger partial charge in [-0.15, -0.1) is 0 Å². The van der Waals surface area contributed by atoms with Gasteiger partial charge in [0, 0.05) is 12.8 Å². The number of ether oxygens (including phenoxy) is 1. The average Bonchev–Trinajstić information content (AvgIpc) is 3.28. The van der Waals surface area contributed by atoms with Gasteiger partial charge in [0.15, 0.2) is 6.23 Å². The van der Waals surface area contributed by atoms with Crippen LogP contribution in [0.25, 0.3) is 0 Å². The van der Waals surface area contributed by atoms with Gasteiger partial charge in [0.05, 0.1) is 35.9 Å². The second-order valence-corrected chi connectivity index (χ2v) is 8.66. The number of amidine groups is 1. The summed E-state index contributed by atoms with van der Waals surface area (Å²) in [5, 5.41) is 45.7. The lowest BCUT2D eigenvalue weighted by molar-refractivity contribution is -0.114. The third-order valence-electron chi connectivity index (χ3n) is 5.97. The van der Waals surface area contributed by atoms with Gasteiger partial charge in [-0.05, 0) is 29.7 Å². The Labute approximate surface area is 195 Å². The highest BCUT2D eigenvalue weighted by molar-refractivity contribution is 6.42. The van der Waals surface area contributed by atoms with E-state index in [4.69, 9.17) is 32.8 Å². The number of aliphatic hydroxyl groups is 4. The molecule has 6 N–H and O–H groups in total. The third-order valence-corrected chi connectivity index (χ3v) is 6.71. The lowest BCUT2D eigenvalue weighted by Gasteiger charge is -2.38. The van der Waals surface area contributed by atoms with Crippen LogP contribution in [0.3, 0.4) is 0 Å². The van der Waals surface area contributed by atoms with Crippen molar-refractivity contribution in [2.24, 2.45) is 10.9 Å². The SMILES string of the molecule is CONC1=NCNC2C1C(CCO)=CN2[C@@H]1O[C@H]([C@H](O)c2ccc(Cl)c(Cl)c2)[C@@H](O)[C@H]1O. The summed E-state index contributed by atoms with van der Waals surface area (Å²) in [5.74, 6) is 0.307. The van der Waals surface area contributed by atoms with Crippen molar-refractivity contribution in [2.75, 3.05) is 20.4 Å². The summed E-state index contributed by atoms with van der Waals surface area (Å²) >= 11 is 12.0. The normalized spacial score (nSPS) is 33.0. The number of nitrogens with one attached hydrogen (secondary N) is 2. The molecule has 4 rings (SSSR count). The van der Waals surface area contributed by atoms with E-state index in [9.17, 15) is 20.4 Å². The summed E-state index contributed by atoms with van der Waals surface area (Å²) in [6.07, 6.45) is -4.16. The topological polar surface area (TPSA) is 139 Å². The number of nitrogens with zero attached hydrogens (tertiary/aromatic N) is 2. The minimum Gasteiger partial charge on any atom is -0.396 e. The zero-order valence-electron chi connectivity index (χ0n) is 17.2. The molecule has 3 heterocycles. The molecule has 1 aromatic rings. The lowest BCUT2D eigenvalue weighted by atomic mass is 9.94. The Kier molecular flexibility index (Phi) is 7.25. The second-order valence-electron chi connectivity index (χ2n) is 7.85. The Morgan fingerprint density at radius 1 is 1.31 bits per heavy atom. The number of halogens is 2. The highest BCUT2D eigenvalue weighted by Crippen LogP contribution is 2.39. The van der Waals surface area contributed by atoms with Crippen LogP contribution in [0.15, 0.2) is 35.0 Å². The van der Waals surface area contributed by atoms with E-state index in [1.54, 1.807) is 23.2 Å². The molecule has 7 atom stereocenters. The maximum atomic E-state index is 10.8. The van der Waals surface area contributed by atoms with E-state index in [0.29, 0.717) is 29.5 Å². The number of hydrogen-bond acceptors (Lipinski definition) is 10. The van der Waals surface area contributed by atoms with Crippen molar-refractivity contribution in [3.05, 3.63) is 45.6 Å². The van der Waals surface area contributed by atoms with E-state index in [1.807, 2.05) is 0 Å². The summed E-state index contributed by atoms with van der Waals surface area (Å²) in [6.45, 7) is 0.225. The van der Waals surface area contributed by atoms with Crippen molar-refractivity contribution in [3.8, 4) is 0 Å². The first-order valence-corrected chi connectivity index (χ1v) is 10.9. The van der Waals surface area contributed by atoms with Gasteiger partial charge in [-0.2, -0.15) is 0 Å². The fourth-order valence-electron chi connectivity index (χ4n) is 4.46. The van der Waals surface area contributed by atoms with Gasteiger partial charge in [-0.1, -0.05) is 29.3 Å². The van der Waals surface area contributed by atoms with E-state index < -0.39 is 30.6 Å². The summed E-state index contributed by atoms with van der Waals surface area (Å²) in [5.41, 5.74) is 4.04. The fourth-order valence-corrected chi connectivity index (χ4v) is 4.76. The molecule has 0 radical (unpaired) electrons.